The van der Waals surface area contributed by atoms with Crippen LogP contribution < -0.4 is 0 Å². The Morgan fingerprint density at radius 1 is 1.21 bits per heavy atom. The number of quaternary nitrogens is 1. The van der Waals surface area contributed by atoms with Crippen LogP contribution in [0.1, 0.15) is 46.5 Å². The molecule has 1 heteroatoms. The van der Waals surface area contributed by atoms with Gasteiger partial charge in [0.15, 0.2) is 0 Å². The predicted molar refractivity (Wildman–Crippen MR) is 63.3 cm³/mol. The minimum Gasteiger partial charge on any atom is -0.328 e. The molecule has 84 valence electrons. The Bertz CT molecular complexity index is 176. The molecule has 0 N–H and O–H groups in total. The number of nitrogens with zero attached hydrogens (tertiary/aromatic N) is 1. The van der Waals surface area contributed by atoms with Crippen molar-refractivity contribution in [2.45, 2.75) is 46.5 Å². The molecule has 1 nitrogen and oxygen atoms in total. The molecule has 0 spiro atoms. The SMILES string of the molecule is CC(C)(C)CCCC1CC[N+](C)(C)C1. The van der Waals surface area contributed by atoms with Gasteiger partial charge in [0.1, 0.15) is 0 Å². The van der Waals surface area contributed by atoms with Gasteiger partial charge in [-0.2, -0.15) is 0 Å². The van der Waals surface area contributed by atoms with Crippen LogP contribution in [0.15, 0.2) is 0 Å². The first kappa shape index (κ1) is 12.0. The lowest BCUT2D eigenvalue weighted by atomic mass is 9.88. The van der Waals surface area contributed by atoms with E-state index in [4.69, 9.17) is 0 Å². The lowest BCUT2D eigenvalue weighted by molar-refractivity contribution is -0.879. The summed E-state index contributed by atoms with van der Waals surface area (Å²) >= 11 is 0. The maximum Gasteiger partial charge on any atom is 0.0813 e. The Morgan fingerprint density at radius 3 is 2.29 bits per heavy atom. The molecule has 0 amide bonds. The number of hydrogen-bond acceptors (Lipinski definition) is 0. The highest BCUT2D eigenvalue weighted by atomic mass is 15.3. The van der Waals surface area contributed by atoms with E-state index < -0.39 is 0 Å². The van der Waals surface area contributed by atoms with Gasteiger partial charge in [0.2, 0.25) is 0 Å². The fraction of sp³-hybridized carbons (Fsp3) is 1.00. The van der Waals surface area contributed by atoms with Gasteiger partial charge >= 0.3 is 0 Å². The third-order valence-electron chi connectivity index (χ3n) is 3.43. The lowest BCUT2D eigenvalue weighted by Gasteiger charge is -2.23. The topological polar surface area (TPSA) is 0 Å². The maximum atomic E-state index is 2.36. The minimum atomic E-state index is 0.531. The molecule has 0 radical (unpaired) electrons. The summed E-state index contributed by atoms with van der Waals surface area (Å²) < 4.78 is 1.25. The predicted octanol–water partition coefficient (Wildman–Crippen LogP) is 3.30. The van der Waals surface area contributed by atoms with Gasteiger partial charge in [-0.1, -0.05) is 27.2 Å². The van der Waals surface area contributed by atoms with Crippen LogP contribution in [0.4, 0.5) is 0 Å². The Labute approximate surface area is 90.1 Å². The Hall–Kier alpha value is -0.0400. The third kappa shape index (κ3) is 4.45. The second-order valence-corrected chi connectivity index (χ2v) is 6.95. The highest BCUT2D eigenvalue weighted by Gasteiger charge is 2.30. The van der Waals surface area contributed by atoms with Crippen LogP contribution in [-0.2, 0) is 0 Å². The highest BCUT2D eigenvalue weighted by Crippen LogP contribution is 2.28. The first-order chi connectivity index (χ1) is 6.29. The first-order valence-corrected chi connectivity index (χ1v) is 6.11. The standard InChI is InChI=1S/C13H28N/c1-13(2,3)9-6-7-12-8-10-14(4,5)11-12/h12H,6-11H2,1-5H3/q+1. The summed E-state index contributed by atoms with van der Waals surface area (Å²) in [7, 11) is 4.73. The van der Waals surface area contributed by atoms with Crippen LogP contribution in [0.25, 0.3) is 0 Å². The second-order valence-electron chi connectivity index (χ2n) is 6.95. The second kappa shape index (κ2) is 4.22. The smallest absolute Gasteiger partial charge is 0.0813 e. The van der Waals surface area contributed by atoms with E-state index in [1.54, 1.807) is 0 Å². The Balaban J connectivity index is 2.15. The van der Waals surface area contributed by atoms with Gasteiger partial charge in [-0.05, 0) is 18.3 Å². The van der Waals surface area contributed by atoms with E-state index in [9.17, 15) is 0 Å². The van der Waals surface area contributed by atoms with E-state index in [-0.39, 0.29) is 0 Å². The molecular weight excluding hydrogens is 170 g/mol. The lowest BCUT2D eigenvalue weighted by Crippen LogP contribution is -2.36. The summed E-state index contributed by atoms with van der Waals surface area (Å²) in [5.41, 5.74) is 0.531. The van der Waals surface area contributed by atoms with Crippen LogP contribution in [-0.4, -0.2) is 31.7 Å². The van der Waals surface area contributed by atoms with Gasteiger partial charge in [-0.25, -0.2) is 0 Å². The highest BCUT2D eigenvalue weighted by molar-refractivity contribution is 4.68. The summed E-state index contributed by atoms with van der Waals surface area (Å²) in [6.07, 6.45) is 5.72. The molecule has 0 saturated carbocycles. The molecule has 0 aromatic carbocycles. The molecule has 1 saturated heterocycles. The zero-order chi connectivity index (χ0) is 10.8. The molecule has 0 aromatic heterocycles. The van der Waals surface area contributed by atoms with Gasteiger partial charge < -0.3 is 4.48 Å². The average Bonchev–Trinajstić information content (AvgIpc) is 2.27. The van der Waals surface area contributed by atoms with Crippen molar-refractivity contribution >= 4 is 0 Å². The molecule has 0 bridgehead atoms. The van der Waals surface area contributed by atoms with E-state index in [1.807, 2.05) is 0 Å². The van der Waals surface area contributed by atoms with Gasteiger partial charge in [0.05, 0.1) is 27.2 Å². The zero-order valence-electron chi connectivity index (χ0n) is 10.8. The van der Waals surface area contributed by atoms with Gasteiger partial charge in [0, 0.05) is 12.3 Å². The van der Waals surface area contributed by atoms with Gasteiger partial charge in [-0.15, -0.1) is 0 Å². The number of likely N-dealkylation sites (tertiary alicyclic amines) is 1. The monoisotopic (exact) mass is 198 g/mol. The van der Waals surface area contributed by atoms with Crippen LogP contribution >= 0.6 is 0 Å². The molecule has 1 atom stereocenters. The van der Waals surface area contributed by atoms with Crippen LogP contribution in [0.2, 0.25) is 0 Å². The number of rotatable bonds is 3. The molecule has 1 rings (SSSR count). The largest absolute Gasteiger partial charge is 0.328 e. The van der Waals surface area contributed by atoms with E-state index >= 15 is 0 Å². The van der Waals surface area contributed by atoms with Crippen molar-refractivity contribution in [3.05, 3.63) is 0 Å². The average molecular weight is 198 g/mol. The molecule has 1 fully saturated rings. The molecule has 14 heavy (non-hydrogen) atoms. The van der Waals surface area contributed by atoms with E-state index in [1.165, 1.54) is 43.3 Å². The van der Waals surface area contributed by atoms with Crippen molar-refractivity contribution in [1.82, 2.24) is 0 Å². The fourth-order valence-electron chi connectivity index (χ4n) is 2.57. The Morgan fingerprint density at radius 2 is 1.86 bits per heavy atom. The van der Waals surface area contributed by atoms with Crippen molar-refractivity contribution < 1.29 is 4.48 Å². The van der Waals surface area contributed by atoms with Crippen molar-refractivity contribution in [2.24, 2.45) is 11.3 Å². The summed E-state index contributed by atoms with van der Waals surface area (Å²) in [5, 5.41) is 0. The maximum absolute atomic E-state index is 2.36. The van der Waals surface area contributed by atoms with Crippen molar-refractivity contribution in [1.29, 1.82) is 0 Å². The zero-order valence-corrected chi connectivity index (χ0v) is 10.8. The van der Waals surface area contributed by atoms with Crippen molar-refractivity contribution in [3.8, 4) is 0 Å². The summed E-state index contributed by atoms with van der Waals surface area (Å²) in [6.45, 7) is 9.84. The van der Waals surface area contributed by atoms with E-state index in [0.717, 1.165) is 5.92 Å². The van der Waals surface area contributed by atoms with E-state index in [2.05, 4.69) is 34.9 Å². The summed E-state index contributed by atoms with van der Waals surface area (Å²) in [5.74, 6) is 1.01. The van der Waals surface area contributed by atoms with Crippen molar-refractivity contribution in [3.63, 3.8) is 0 Å². The minimum absolute atomic E-state index is 0.531. The molecule has 0 aliphatic carbocycles. The van der Waals surface area contributed by atoms with Crippen LogP contribution in [0.3, 0.4) is 0 Å². The summed E-state index contributed by atoms with van der Waals surface area (Å²) in [4.78, 5) is 0. The fourth-order valence-corrected chi connectivity index (χ4v) is 2.57. The normalized spacial score (nSPS) is 26.8. The Kier molecular flexibility index (Phi) is 3.63. The third-order valence-corrected chi connectivity index (χ3v) is 3.43. The summed E-state index contributed by atoms with van der Waals surface area (Å²) in [6, 6.07) is 0. The molecule has 0 aromatic rings. The molecule has 1 aliphatic rings. The van der Waals surface area contributed by atoms with Crippen LogP contribution in [0, 0.1) is 11.3 Å². The first-order valence-electron chi connectivity index (χ1n) is 6.11. The number of hydrogen-bond donors (Lipinski definition) is 0. The molecule has 1 aliphatic heterocycles. The van der Waals surface area contributed by atoms with Gasteiger partial charge in [-0.3, -0.25) is 0 Å². The quantitative estimate of drug-likeness (QED) is 0.610. The van der Waals surface area contributed by atoms with E-state index in [0.29, 0.717) is 5.41 Å². The van der Waals surface area contributed by atoms with Crippen LogP contribution in [0.5, 0.6) is 0 Å². The molecule has 1 heterocycles. The van der Waals surface area contributed by atoms with Crippen molar-refractivity contribution in [2.75, 3.05) is 27.2 Å². The molecular formula is C13H28N+. The van der Waals surface area contributed by atoms with Gasteiger partial charge in [0.25, 0.3) is 0 Å². The molecule has 1 unspecified atom stereocenters.